The van der Waals surface area contributed by atoms with E-state index in [1.807, 2.05) is 43.3 Å². The Hall–Kier alpha value is -4.97. The number of para-hydroxylation sites is 1. The van der Waals surface area contributed by atoms with E-state index < -0.39 is 11.6 Å². The number of benzene rings is 2. The maximum atomic E-state index is 12.1. The largest absolute Gasteiger partial charge is 0.497 e. The number of aromatic nitrogens is 5. The lowest BCUT2D eigenvalue weighted by molar-refractivity contribution is -0.0605. The molecule has 12 nitrogen and oxygen atoms in total. The number of nitrogens with one attached hydrogen (secondary N) is 1. The predicted molar refractivity (Wildman–Crippen MR) is 162 cm³/mol. The predicted octanol–water partition coefficient (Wildman–Crippen LogP) is 4.64. The van der Waals surface area contributed by atoms with Gasteiger partial charge in [-0.1, -0.05) is 13.0 Å². The number of carbonyl (C=O) groups excluding carboxylic acids is 1. The number of fused-ring (bicyclic) bond motifs is 3. The normalized spacial score (nSPS) is 17.7. The number of hydrogen-bond acceptors (Lipinski definition) is 11. The highest BCUT2D eigenvalue weighted by Crippen LogP contribution is 2.49. The van der Waals surface area contributed by atoms with Crippen molar-refractivity contribution in [3.05, 3.63) is 77.4 Å². The first-order chi connectivity index (χ1) is 21.4. The summed E-state index contributed by atoms with van der Waals surface area (Å²) < 4.78 is 23.4. The molecule has 0 bridgehead atoms. The first kappa shape index (κ1) is 29.1. The van der Waals surface area contributed by atoms with Gasteiger partial charge in [0.2, 0.25) is 5.95 Å². The minimum absolute atomic E-state index is 0.105. The minimum atomic E-state index is -1.15. The second-order valence-electron chi connectivity index (χ2n) is 10.7. The summed E-state index contributed by atoms with van der Waals surface area (Å²) in [6, 6.07) is 14.6. The van der Waals surface area contributed by atoms with E-state index in [4.69, 9.17) is 34.0 Å². The standard InChI is InChI=1S/C32H34N6O6/c1-5-13-44-30(39)20-10-12-26(33-18-20)32(40)15-21(16-32)28-36-29-23-7-6-8-24(42-3)27(23)35-31(38(29)37-28)34-17-19-9-11-22(41-2)14-25(19)43-4/h6-12,14,18,21,40H,5,13,15-17H2,1-4H3,(H,34,35)/t21-,32+. The summed E-state index contributed by atoms with van der Waals surface area (Å²) in [5, 5.41) is 20.4. The molecule has 1 fully saturated rings. The summed E-state index contributed by atoms with van der Waals surface area (Å²) in [7, 11) is 4.83. The first-order valence-electron chi connectivity index (χ1n) is 14.4. The van der Waals surface area contributed by atoms with Crippen molar-refractivity contribution in [1.82, 2.24) is 24.6 Å². The number of aliphatic hydroxyl groups is 1. The lowest BCUT2D eigenvalue weighted by Gasteiger charge is -2.41. The van der Waals surface area contributed by atoms with Crippen LogP contribution in [0.2, 0.25) is 0 Å². The lowest BCUT2D eigenvalue weighted by Crippen LogP contribution is -2.41. The van der Waals surface area contributed by atoms with E-state index in [1.54, 1.807) is 38.0 Å². The van der Waals surface area contributed by atoms with Crippen molar-refractivity contribution < 1.29 is 28.8 Å². The molecule has 0 saturated heterocycles. The topological polar surface area (TPSA) is 142 Å². The van der Waals surface area contributed by atoms with Gasteiger partial charge in [0.1, 0.15) is 28.4 Å². The van der Waals surface area contributed by atoms with E-state index in [9.17, 15) is 9.90 Å². The quantitative estimate of drug-likeness (QED) is 0.205. The van der Waals surface area contributed by atoms with Crippen LogP contribution in [0.5, 0.6) is 17.2 Å². The summed E-state index contributed by atoms with van der Waals surface area (Å²) in [6.45, 7) is 2.69. The first-order valence-corrected chi connectivity index (χ1v) is 14.4. The molecule has 1 aliphatic carbocycles. The molecule has 0 aliphatic heterocycles. The van der Waals surface area contributed by atoms with Crippen LogP contribution in [-0.4, -0.2) is 63.6 Å². The summed E-state index contributed by atoms with van der Waals surface area (Å²) >= 11 is 0. The highest BCUT2D eigenvalue weighted by molar-refractivity contribution is 5.96. The zero-order valence-corrected chi connectivity index (χ0v) is 25.0. The van der Waals surface area contributed by atoms with E-state index in [1.165, 1.54) is 6.20 Å². The second kappa shape index (κ2) is 12.0. The number of carbonyl (C=O) groups is 1. The third-order valence-electron chi connectivity index (χ3n) is 7.88. The van der Waals surface area contributed by atoms with Crippen LogP contribution >= 0.6 is 0 Å². The molecule has 1 saturated carbocycles. The Kier molecular flexibility index (Phi) is 7.92. The Morgan fingerprint density at radius 2 is 1.86 bits per heavy atom. The summed E-state index contributed by atoms with van der Waals surface area (Å²) in [5.41, 5.74) is 1.88. The van der Waals surface area contributed by atoms with Gasteiger partial charge in [0.15, 0.2) is 11.5 Å². The van der Waals surface area contributed by atoms with Crippen LogP contribution in [0.1, 0.15) is 59.5 Å². The molecule has 0 spiro atoms. The summed E-state index contributed by atoms with van der Waals surface area (Å²) in [4.78, 5) is 26.3. The molecule has 5 aromatic rings. The Morgan fingerprint density at radius 3 is 2.57 bits per heavy atom. The van der Waals surface area contributed by atoms with Gasteiger partial charge in [-0.05, 0) is 55.7 Å². The number of esters is 1. The molecule has 1 aliphatic rings. The molecule has 2 aromatic carbocycles. The molecule has 3 heterocycles. The van der Waals surface area contributed by atoms with Crippen LogP contribution in [0.3, 0.4) is 0 Å². The van der Waals surface area contributed by atoms with Crippen LogP contribution in [0.4, 0.5) is 5.95 Å². The number of hydrogen-bond donors (Lipinski definition) is 2. The highest BCUT2D eigenvalue weighted by Gasteiger charge is 2.47. The van der Waals surface area contributed by atoms with Crippen LogP contribution < -0.4 is 19.5 Å². The Morgan fingerprint density at radius 1 is 1.05 bits per heavy atom. The van der Waals surface area contributed by atoms with E-state index in [0.29, 0.717) is 77.4 Å². The second-order valence-corrected chi connectivity index (χ2v) is 10.7. The van der Waals surface area contributed by atoms with Crippen molar-refractivity contribution in [2.45, 2.75) is 44.2 Å². The zero-order valence-electron chi connectivity index (χ0n) is 25.0. The van der Waals surface area contributed by atoms with Crippen molar-refractivity contribution >= 4 is 28.5 Å². The number of pyridine rings is 1. The van der Waals surface area contributed by atoms with Crippen LogP contribution in [0.15, 0.2) is 54.7 Å². The van der Waals surface area contributed by atoms with Crippen LogP contribution in [-0.2, 0) is 16.9 Å². The SMILES string of the molecule is CCCOC(=O)c1ccc([C@]2(O)C[C@@H](c3nc4c5cccc(OC)c5nc(NCc5ccc(OC)cc5OC)n4n3)C2)nc1. The molecular formula is C32H34N6O6. The molecule has 0 atom stereocenters. The molecule has 2 N–H and O–H groups in total. The Balaban J connectivity index is 1.28. The number of methoxy groups -OCH3 is 3. The fourth-order valence-corrected chi connectivity index (χ4v) is 5.46. The van der Waals surface area contributed by atoms with Gasteiger partial charge in [0.05, 0.1) is 39.2 Å². The van der Waals surface area contributed by atoms with E-state index >= 15 is 0 Å². The van der Waals surface area contributed by atoms with Crippen molar-refractivity contribution in [3.8, 4) is 17.2 Å². The van der Waals surface area contributed by atoms with Crippen molar-refractivity contribution in [2.24, 2.45) is 0 Å². The number of ether oxygens (including phenoxy) is 4. The van der Waals surface area contributed by atoms with Crippen molar-refractivity contribution in [1.29, 1.82) is 0 Å². The molecule has 0 unspecified atom stereocenters. The van der Waals surface area contributed by atoms with Gasteiger partial charge in [-0.25, -0.2) is 14.8 Å². The van der Waals surface area contributed by atoms with Gasteiger partial charge in [-0.2, -0.15) is 4.52 Å². The van der Waals surface area contributed by atoms with E-state index in [2.05, 4.69) is 10.3 Å². The zero-order chi connectivity index (χ0) is 30.8. The van der Waals surface area contributed by atoms with Gasteiger partial charge >= 0.3 is 5.97 Å². The fourth-order valence-electron chi connectivity index (χ4n) is 5.46. The molecule has 12 heteroatoms. The average Bonchev–Trinajstić information content (AvgIpc) is 3.50. The molecule has 44 heavy (non-hydrogen) atoms. The number of rotatable bonds is 11. The molecule has 6 rings (SSSR count). The van der Waals surface area contributed by atoms with Crippen molar-refractivity contribution in [2.75, 3.05) is 33.3 Å². The third-order valence-corrected chi connectivity index (χ3v) is 7.88. The molecule has 228 valence electrons. The highest BCUT2D eigenvalue weighted by atomic mass is 16.5. The summed E-state index contributed by atoms with van der Waals surface area (Å²) in [6.07, 6.45) is 2.96. The average molecular weight is 599 g/mol. The van der Waals surface area contributed by atoms with Gasteiger partial charge < -0.3 is 29.4 Å². The molecule has 0 amide bonds. The van der Waals surface area contributed by atoms with Crippen LogP contribution in [0.25, 0.3) is 16.6 Å². The molecule has 0 radical (unpaired) electrons. The van der Waals surface area contributed by atoms with Gasteiger partial charge in [-0.3, -0.25) is 4.98 Å². The molecular weight excluding hydrogens is 564 g/mol. The maximum absolute atomic E-state index is 12.1. The Bertz CT molecular complexity index is 1820. The maximum Gasteiger partial charge on any atom is 0.339 e. The van der Waals surface area contributed by atoms with Gasteiger partial charge in [0, 0.05) is 35.7 Å². The smallest absolute Gasteiger partial charge is 0.339 e. The van der Waals surface area contributed by atoms with Crippen LogP contribution in [0, 0.1) is 0 Å². The van der Waals surface area contributed by atoms with Gasteiger partial charge in [0.25, 0.3) is 0 Å². The van der Waals surface area contributed by atoms with Gasteiger partial charge in [-0.15, -0.1) is 5.10 Å². The molecule has 3 aromatic heterocycles. The van der Waals surface area contributed by atoms with E-state index in [0.717, 1.165) is 17.4 Å². The fraction of sp³-hybridized carbons (Fsp3) is 0.344. The Labute approximate surface area is 254 Å². The third kappa shape index (κ3) is 5.32. The van der Waals surface area contributed by atoms with Crippen molar-refractivity contribution in [3.63, 3.8) is 0 Å². The van der Waals surface area contributed by atoms with E-state index in [-0.39, 0.29) is 5.92 Å². The number of anilines is 1. The monoisotopic (exact) mass is 598 g/mol. The minimum Gasteiger partial charge on any atom is -0.497 e. The summed E-state index contributed by atoms with van der Waals surface area (Å²) in [5.74, 6) is 2.54. The lowest BCUT2D eigenvalue weighted by atomic mass is 9.68. The number of nitrogens with zero attached hydrogens (tertiary/aromatic N) is 5.